The fourth-order valence-corrected chi connectivity index (χ4v) is 3.83. The van der Waals surface area contributed by atoms with Crippen LogP contribution in [0.25, 0.3) is 0 Å². The molecular formula is C23H39N5O11S. The number of imide groups is 1. The van der Waals surface area contributed by atoms with Crippen LogP contribution in [0.2, 0.25) is 0 Å². The molecule has 6 amide bonds. The molecule has 17 heteroatoms. The molecule has 0 aromatic carbocycles. The van der Waals surface area contributed by atoms with Crippen LogP contribution in [0.15, 0.2) is 0 Å². The quantitative estimate of drug-likeness (QED) is 0.0758. The van der Waals surface area contributed by atoms with Crippen LogP contribution in [0.3, 0.4) is 0 Å². The molecule has 0 bridgehead atoms. The Hall–Kier alpha value is -3.15. The van der Waals surface area contributed by atoms with E-state index in [1.165, 1.54) is 26.0 Å². The predicted octanol–water partition coefficient (Wildman–Crippen LogP) is -1.07. The van der Waals surface area contributed by atoms with Gasteiger partial charge in [-0.1, -0.05) is 0 Å². The molecular weight excluding hydrogens is 554 g/mol. The Morgan fingerprint density at radius 1 is 0.900 bits per heavy atom. The zero-order valence-corrected chi connectivity index (χ0v) is 23.8. The van der Waals surface area contributed by atoms with Crippen LogP contribution in [0, 0.1) is 0 Å². The highest BCUT2D eigenvalue weighted by Gasteiger charge is 2.37. The van der Waals surface area contributed by atoms with E-state index in [-0.39, 0.29) is 101 Å². The van der Waals surface area contributed by atoms with Crippen molar-refractivity contribution >= 4 is 47.6 Å². The normalized spacial score (nSPS) is 14.7. The van der Waals surface area contributed by atoms with Gasteiger partial charge in [-0.25, -0.2) is 9.59 Å². The van der Waals surface area contributed by atoms with Crippen LogP contribution in [0.5, 0.6) is 0 Å². The molecule has 4 N–H and O–H groups in total. The van der Waals surface area contributed by atoms with Crippen molar-refractivity contribution in [3.63, 3.8) is 0 Å². The van der Waals surface area contributed by atoms with E-state index in [0.29, 0.717) is 6.42 Å². The van der Waals surface area contributed by atoms with Crippen molar-refractivity contribution in [3.8, 4) is 0 Å². The number of carbonyl (C=O) groups is 6. The van der Waals surface area contributed by atoms with E-state index in [9.17, 15) is 28.8 Å². The summed E-state index contributed by atoms with van der Waals surface area (Å²) in [6.45, 7) is 0.0136. The highest BCUT2D eigenvalue weighted by atomic mass is 32.2. The lowest BCUT2D eigenvalue weighted by molar-refractivity contribution is -0.138. The van der Waals surface area contributed by atoms with E-state index in [1.54, 1.807) is 6.26 Å². The number of hydrogen-bond acceptors (Lipinski definition) is 12. The smallest absolute Gasteiger partial charge is 0.409 e. The lowest BCUT2D eigenvalue weighted by Gasteiger charge is -2.18. The Balaban J connectivity index is 2.24. The molecule has 1 aliphatic heterocycles. The number of carbonyl (C=O) groups excluding carboxylic acids is 6. The summed E-state index contributed by atoms with van der Waals surface area (Å²) in [4.78, 5) is 72.3. The molecule has 0 aromatic rings. The van der Waals surface area contributed by atoms with Crippen LogP contribution in [0.4, 0.5) is 9.59 Å². The van der Waals surface area contributed by atoms with Gasteiger partial charge in [-0.15, -0.1) is 0 Å². The first-order valence-electron chi connectivity index (χ1n) is 12.5. The summed E-state index contributed by atoms with van der Waals surface area (Å²) in [6.07, 6.45) is 0.0879. The van der Waals surface area contributed by atoms with Crippen LogP contribution in [-0.4, -0.2) is 125 Å². The maximum atomic E-state index is 12.1. The fraction of sp³-hybridized carbons (Fsp3) is 0.739. The van der Waals surface area contributed by atoms with Gasteiger partial charge in [0.05, 0.1) is 5.25 Å². The molecule has 0 saturated carbocycles. The first-order valence-corrected chi connectivity index (χ1v) is 13.8. The van der Waals surface area contributed by atoms with Crippen LogP contribution in [-0.2, 0) is 42.9 Å². The van der Waals surface area contributed by atoms with Crippen molar-refractivity contribution in [1.82, 2.24) is 26.2 Å². The van der Waals surface area contributed by atoms with Gasteiger partial charge in [0.1, 0.15) is 32.8 Å². The van der Waals surface area contributed by atoms with E-state index < -0.39 is 18.3 Å². The van der Waals surface area contributed by atoms with E-state index in [1.807, 2.05) is 0 Å². The SMILES string of the molecule is COCNC(=O)OCC(COC(=O)NCOC)OCCCC(=O)NCCNC(=O)CCN1C(=O)CC(SC)C1=O. The van der Waals surface area contributed by atoms with Gasteiger partial charge in [0.25, 0.3) is 0 Å². The molecule has 1 fully saturated rings. The minimum atomic E-state index is -0.780. The number of alkyl carbamates (subject to hydrolysis) is 2. The number of methoxy groups -OCH3 is 2. The van der Waals surface area contributed by atoms with E-state index in [4.69, 9.17) is 23.7 Å². The molecule has 1 heterocycles. The van der Waals surface area contributed by atoms with Crippen molar-refractivity contribution in [2.24, 2.45) is 0 Å². The standard InChI is InChI=1S/C23H39N5O11S/c1-35-14-26-22(33)38-12-16(13-39-23(34)27-15-36-2)37-10-4-5-18(29)24-7-8-25-19(30)6-9-28-20(31)11-17(40-3)21(28)32/h16-17H,4-15H2,1-3H3,(H,24,29)(H,25,30)(H,26,33)(H,27,34). The van der Waals surface area contributed by atoms with Crippen molar-refractivity contribution in [3.05, 3.63) is 0 Å². The van der Waals surface area contributed by atoms with Crippen LogP contribution in [0.1, 0.15) is 25.7 Å². The number of nitrogens with zero attached hydrogens (tertiary/aromatic N) is 1. The van der Waals surface area contributed by atoms with Crippen LogP contribution < -0.4 is 21.3 Å². The topological polar surface area (TPSA) is 200 Å². The van der Waals surface area contributed by atoms with Gasteiger partial charge in [-0.2, -0.15) is 11.8 Å². The number of ether oxygens (including phenoxy) is 5. The average molecular weight is 594 g/mol. The van der Waals surface area contributed by atoms with E-state index in [0.717, 1.165) is 4.90 Å². The molecule has 40 heavy (non-hydrogen) atoms. The largest absolute Gasteiger partial charge is 0.447 e. The van der Waals surface area contributed by atoms with Gasteiger partial charge in [0, 0.05) is 59.7 Å². The summed E-state index contributed by atoms with van der Waals surface area (Å²) in [5, 5.41) is 9.58. The summed E-state index contributed by atoms with van der Waals surface area (Å²) in [5.74, 6) is -1.15. The number of likely N-dealkylation sites (tertiary alicyclic amines) is 1. The molecule has 16 nitrogen and oxygen atoms in total. The highest BCUT2D eigenvalue weighted by molar-refractivity contribution is 8.00. The molecule has 1 aliphatic rings. The minimum absolute atomic E-state index is 0.0133. The van der Waals surface area contributed by atoms with Crippen molar-refractivity contribution in [2.45, 2.75) is 37.0 Å². The monoisotopic (exact) mass is 593 g/mol. The number of rotatable bonds is 20. The molecule has 0 radical (unpaired) electrons. The minimum Gasteiger partial charge on any atom is -0.447 e. The van der Waals surface area contributed by atoms with Gasteiger partial charge in [0.2, 0.25) is 23.6 Å². The lowest BCUT2D eigenvalue weighted by atomic mass is 10.3. The molecule has 0 aromatic heterocycles. The number of thioether (sulfide) groups is 1. The summed E-state index contributed by atoms with van der Waals surface area (Å²) in [6, 6.07) is 0. The number of amides is 6. The van der Waals surface area contributed by atoms with Gasteiger partial charge in [-0.05, 0) is 12.7 Å². The zero-order chi connectivity index (χ0) is 29.8. The fourth-order valence-electron chi connectivity index (χ4n) is 3.19. The molecule has 0 aliphatic carbocycles. The maximum Gasteiger partial charge on any atom is 0.409 e. The van der Waals surface area contributed by atoms with Gasteiger partial charge >= 0.3 is 12.2 Å². The Kier molecular flexibility index (Phi) is 18.1. The Bertz CT molecular complexity index is 824. The summed E-state index contributed by atoms with van der Waals surface area (Å²) < 4.78 is 25.0. The molecule has 1 unspecified atom stereocenters. The Labute approximate surface area is 236 Å². The maximum absolute atomic E-state index is 12.1. The summed E-state index contributed by atoms with van der Waals surface area (Å²) in [7, 11) is 2.80. The molecule has 228 valence electrons. The van der Waals surface area contributed by atoms with Gasteiger partial charge in [-0.3, -0.25) is 34.7 Å². The van der Waals surface area contributed by atoms with Crippen molar-refractivity contribution in [2.75, 3.05) is 73.4 Å². The van der Waals surface area contributed by atoms with Gasteiger partial charge in [0.15, 0.2) is 0 Å². The first-order chi connectivity index (χ1) is 19.2. The average Bonchev–Trinajstić information content (AvgIpc) is 3.22. The second kappa shape index (κ2) is 20.7. The zero-order valence-electron chi connectivity index (χ0n) is 23.0. The molecule has 1 atom stereocenters. The van der Waals surface area contributed by atoms with Gasteiger partial charge < -0.3 is 34.3 Å². The summed E-state index contributed by atoms with van der Waals surface area (Å²) >= 11 is 1.31. The van der Waals surface area contributed by atoms with E-state index in [2.05, 4.69) is 21.3 Å². The third-order valence-corrected chi connectivity index (χ3v) is 6.18. The first kappa shape index (κ1) is 34.9. The van der Waals surface area contributed by atoms with Crippen molar-refractivity contribution in [1.29, 1.82) is 0 Å². The molecule has 0 spiro atoms. The molecule has 1 rings (SSSR count). The third-order valence-electron chi connectivity index (χ3n) is 5.24. The second-order valence-electron chi connectivity index (χ2n) is 8.27. The lowest BCUT2D eigenvalue weighted by Crippen LogP contribution is -2.38. The predicted molar refractivity (Wildman–Crippen MR) is 141 cm³/mol. The summed E-state index contributed by atoms with van der Waals surface area (Å²) in [5.41, 5.74) is 0. The Morgan fingerprint density at radius 2 is 1.45 bits per heavy atom. The number of nitrogens with one attached hydrogen (secondary N) is 4. The highest BCUT2D eigenvalue weighted by Crippen LogP contribution is 2.22. The second-order valence-corrected chi connectivity index (χ2v) is 9.32. The molecule has 1 saturated heterocycles. The number of hydrogen-bond donors (Lipinski definition) is 4. The third kappa shape index (κ3) is 14.9. The van der Waals surface area contributed by atoms with E-state index >= 15 is 0 Å². The van der Waals surface area contributed by atoms with Crippen molar-refractivity contribution < 1.29 is 52.5 Å². The van der Waals surface area contributed by atoms with Crippen LogP contribution >= 0.6 is 11.8 Å². The Morgan fingerprint density at radius 3 is 1.95 bits per heavy atom.